The number of halogens is 2. The van der Waals surface area contributed by atoms with E-state index in [0.29, 0.717) is 24.4 Å². The SMILES string of the molecule is COc1cc(NC2CCN(C(=O)CC3CCCN3)CC2)cc(OC)c1.Cl.Cl. The molecule has 1 aromatic carbocycles. The zero-order valence-corrected chi connectivity index (χ0v) is 17.7. The Morgan fingerprint density at radius 2 is 1.74 bits per heavy atom. The Morgan fingerprint density at radius 1 is 1.11 bits per heavy atom. The lowest BCUT2D eigenvalue weighted by atomic mass is 10.0. The van der Waals surface area contributed by atoms with Gasteiger partial charge in [-0.05, 0) is 32.2 Å². The maximum atomic E-state index is 12.4. The molecule has 2 fully saturated rings. The van der Waals surface area contributed by atoms with Crippen LogP contribution in [0.5, 0.6) is 11.5 Å². The van der Waals surface area contributed by atoms with Gasteiger partial charge < -0.3 is 25.0 Å². The summed E-state index contributed by atoms with van der Waals surface area (Å²) in [5, 5.41) is 6.96. The van der Waals surface area contributed by atoms with Crippen LogP contribution < -0.4 is 20.1 Å². The highest BCUT2D eigenvalue weighted by atomic mass is 35.5. The second-order valence-corrected chi connectivity index (χ2v) is 6.90. The summed E-state index contributed by atoms with van der Waals surface area (Å²) in [6.45, 7) is 2.70. The first kappa shape index (κ1) is 23.7. The number of nitrogens with one attached hydrogen (secondary N) is 2. The summed E-state index contributed by atoms with van der Waals surface area (Å²) in [6.07, 6.45) is 4.88. The summed E-state index contributed by atoms with van der Waals surface area (Å²) >= 11 is 0. The maximum Gasteiger partial charge on any atom is 0.224 e. The van der Waals surface area contributed by atoms with Gasteiger partial charge in [0.05, 0.1) is 14.2 Å². The average Bonchev–Trinajstić information content (AvgIpc) is 3.15. The van der Waals surface area contributed by atoms with Crippen LogP contribution in [0.2, 0.25) is 0 Å². The number of anilines is 1. The monoisotopic (exact) mass is 419 g/mol. The molecule has 8 heteroatoms. The van der Waals surface area contributed by atoms with E-state index in [1.165, 1.54) is 6.42 Å². The number of amides is 1. The fraction of sp³-hybridized carbons (Fsp3) is 0.632. The zero-order chi connectivity index (χ0) is 17.6. The highest BCUT2D eigenvalue weighted by molar-refractivity contribution is 5.85. The number of piperidine rings is 1. The summed E-state index contributed by atoms with van der Waals surface area (Å²) in [6, 6.07) is 6.57. The van der Waals surface area contributed by atoms with Gasteiger partial charge in [-0.2, -0.15) is 0 Å². The van der Waals surface area contributed by atoms with E-state index in [-0.39, 0.29) is 24.8 Å². The summed E-state index contributed by atoms with van der Waals surface area (Å²) in [5.74, 6) is 1.85. The highest BCUT2D eigenvalue weighted by Crippen LogP contribution is 2.27. The molecular weight excluding hydrogens is 389 g/mol. The summed E-state index contributed by atoms with van der Waals surface area (Å²) in [4.78, 5) is 14.4. The number of ether oxygens (including phenoxy) is 2. The summed E-state index contributed by atoms with van der Waals surface area (Å²) in [5.41, 5.74) is 0.996. The van der Waals surface area contributed by atoms with E-state index in [4.69, 9.17) is 9.47 Å². The molecule has 0 spiro atoms. The zero-order valence-electron chi connectivity index (χ0n) is 16.0. The molecule has 154 valence electrons. The third-order valence-corrected chi connectivity index (χ3v) is 5.15. The third-order valence-electron chi connectivity index (χ3n) is 5.15. The van der Waals surface area contributed by atoms with Gasteiger partial charge >= 0.3 is 0 Å². The number of hydrogen-bond donors (Lipinski definition) is 2. The number of carbonyl (C=O) groups excluding carboxylic acids is 1. The molecule has 0 radical (unpaired) electrons. The molecule has 0 saturated carbocycles. The van der Waals surface area contributed by atoms with Crippen LogP contribution in [0.3, 0.4) is 0 Å². The van der Waals surface area contributed by atoms with Crippen LogP contribution in [0.15, 0.2) is 18.2 Å². The second-order valence-electron chi connectivity index (χ2n) is 6.90. The van der Waals surface area contributed by atoms with Gasteiger partial charge in [0, 0.05) is 55.5 Å². The largest absolute Gasteiger partial charge is 0.497 e. The van der Waals surface area contributed by atoms with Crippen LogP contribution in [0.25, 0.3) is 0 Å². The molecule has 6 nitrogen and oxygen atoms in total. The van der Waals surface area contributed by atoms with Gasteiger partial charge in [-0.1, -0.05) is 0 Å². The average molecular weight is 420 g/mol. The Kier molecular flexibility index (Phi) is 10.1. The fourth-order valence-electron chi connectivity index (χ4n) is 3.67. The van der Waals surface area contributed by atoms with Crippen molar-refractivity contribution >= 4 is 36.4 Å². The first-order valence-electron chi connectivity index (χ1n) is 9.18. The molecule has 2 N–H and O–H groups in total. The second kappa shape index (κ2) is 11.5. The predicted molar refractivity (Wildman–Crippen MR) is 113 cm³/mol. The van der Waals surface area contributed by atoms with Crippen molar-refractivity contribution in [1.29, 1.82) is 0 Å². The van der Waals surface area contributed by atoms with Crippen LogP contribution >= 0.6 is 24.8 Å². The van der Waals surface area contributed by atoms with Crippen molar-refractivity contribution in [2.24, 2.45) is 0 Å². The lowest BCUT2D eigenvalue weighted by Crippen LogP contribution is -2.44. The van der Waals surface area contributed by atoms with Crippen LogP contribution in [0, 0.1) is 0 Å². The van der Waals surface area contributed by atoms with Crippen molar-refractivity contribution in [2.45, 2.75) is 44.2 Å². The van der Waals surface area contributed by atoms with Crippen LogP contribution in [-0.2, 0) is 4.79 Å². The van der Waals surface area contributed by atoms with E-state index in [9.17, 15) is 4.79 Å². The number of hydrogen-bond acceptors (Lipinski definition) is 5. The van der Waals surface area contributed by atoms with Crippen molar-refractivity contribution in [3.05, 3.63) is 18.2 Å². The number of benzene rings is 1. The number of nitrogens with zero attached hydrogens (tertiary/aromatic N) is 1. The lowest BCUT2D eigenvalue weighted by molar-refractivity contribution is -0.132. The highest BCUT2D eigenvalue weighted by Gasteiger charge is 2.25. The number of likely N-dealkylation sites (tertiary alicyclic amines) is 1. The van der Waals surface area contributed by atoms with Crippen LogP contribution in [-0.4, -0.2) is 56.7 Å². The topological polar surface area (TPSA) is 62.8 Å². The smallest absolute Gasteiger partial charge is 0.224 e. The van der Waals surface area contributed by atoms with E-state index in [1.807, 2.05) is 23.1 Å². The third kappa shape index (κ3) is 6.63. The first-order chi connectivity index (χ1) is 12.2. The molecule has 0 aliphatic carbocycles. The molecule has 2 saturated heterocycles. The molecule has 1 amide bonds. The molecule has 2 aliphatic heterocycles. The first-order valence-corrected chi connectivity index (χ1v) is 9.18. The van der Waals surface area contributed by atoms with Crippen molar-refractivity contribution in [2.75, 3.05) is 39.2 Å². The molecule has 2 heterocycles. The summed E-state index contributed by atoms with van der Waals surface area (Å²) in [7, 11) is 3.31. The Hall–Kier alpha value is -1.37. The van der Waals surface area contributed by atoms with E-state index in [0.717, 1.165) is 56.1 Å². The van der Waals surface area contributed by atoms with Gasteiger partial charge in [0.1, 0.15) is 11.5 Å². The van der Waals surface area contributed by atoms with Gasteiger partial charge in [-0.3, -0.25) is 4.79 Å². The minimum atomic E-state index is 0. The van der Waals surface area contributed by atoms with Crippen molar-refractivity contribution < 1.29 is 14.3 Å². The van der Waals surface area contributed by atoms with Crippen LogP contribution in [0.4, 0.5) is 5.69 Å². The minimum Gasteiger partial charge on any atom is -0.497 e. The standard InChI is InChI=1S/C19H29N3O3.2ClH/c1-24-17-10-16(11-18(13-17)25-2)21-14-5-8-22(9-6-14)19(23)12-15-4-3-7-20-15;;/h10-11,13-15,20-21H,3-9,12H2,1-2H3;2*1H. The number of rotatable bonds is 6. The Morgan fingerprint density at radius 3 is 2.26 bits per heavy atom. The van der Waals surface area contributed by atoms with Gasteiger partial charge in [0.25, 0.3) is 0 Å². The summed E-state index contributed by atoms with van der Waals surface area (Å²) < 4.78 is 10.6. The molecule has 2 aliphatic rings. The number of carbonyl (C=O) groups is 1. The quantitative estimate of drug-likeness (QED) is 0.741. The molecule has 3 rings (SSSR count). The Balaban J connectivity index is 0.00000182. The van der Waals surface area contributed by atoms with E-state index >= 15 is 0 Å². The van der Waals surface area contributed by atoms with Crippen LogP contribution in [0.1, 0.15) is 32.1 Å². The van der Waals surface area contributed by atoms with Gasteiger partial charge in [0.2, 0.25) is 5.91 Å². The van der Waals surface area contributed by atoms with Gasteiger partial charge in [-0.25, -0.2) is 0 Å². The minimum absolute atomic E-state index is 0. The lowest BCUT2D eigenvalue weighted by Gasteiger charge is -2.33. The molecule has 0 bridgehead atoms. The van der Waals surface area contributed by atoms with Gasteiger partial charge in [0.15, 0.2) is 0 Å². The van der Waals surface area contributed by atoms with E-state index < -0.39 is 0 Å². The van der Waals surface area contributed by atoms with E-state index in [1.54, 1.807) is 14.2 Å². The maximum absolute atomic E-state index is 12.4. The fourth-order valence-corrected chi connectivity index (χ4v) is 3.67. The Labute approximate surface area is 174 Å². The molecule has 0 aromatic heterocycles. The normalized spacial score (nSPS) is 19.6. The molecule has 1 atom stereocenters. The molecular formula is C19H31Cl2N3O3. The number of methoxy groups -OCH3 is 2. The van der Waals surface area contributed by atoms with Crippen molar-refractivity contribution in [3.63, 3.8) is 0 Å². The Bertz CT molecular complexity index is 567. The van der Waals surface area contributed by atoms with Crippen molar-refractivity contribution in [3.8, 4) is 11.5 Å². The van der Waals surface area contributed by atoms with Crippen molar-refractivity contribution in [1.82, 2.24) is 10.2 Å². The molecule has 1 unspecified atom stereocenters. The van der Waals surface area contributed by atoms with Gasteiger partial charge in [-0.15, -0.1) is 24.8 Å². The predicted octanol–water partition coefficient (Wildman–Crippen LogP) is 3.09. The molecule has 27 heavy (non-hydrogen) atoms. The van der Waals surface area contributed by atoms with E-state index in [2.05, 4.69) is 10.6 Å². The molecule has 1 aromatic rings.